The second kappa shape index (κ2) is 7.08. The molecular formula is C16H21N. The van der Waals surface area contributed by atoms with Gasteiger partial charge in [0.05, 0.1) is 0 Å². The zero-order valence-electron chi connectivity index (χ0n) is 10.4. The molecule has 0 bridgehead atoms. The Hall–Kier alpha value is -1.34. The van der Waals surface area contributed by atoms with Gasteiger partial charge in [0.15, 0.2) is 0 Å². The Bertz CT molecular complexity index is 376. The molecule has 1 N–H and O–H groups in total. The van der Waals surface area contributed by atoms with Gasteiger partial charge in [-0.2, -0.15) is 0 Å². The van der Waals surface area contributed by atoms with E-state index in [1.807, 2.05) is 0 Å². The molecule has 17 heavy (non-hydrogen) atoms. The van der Waals surface area contributed by atoms with Gasteiger partial charge in [0.25, 0.3) is 0 Å². The van der Waals surface area contributed by atoms with Crippen LogP contribution < -0.4 is 5.32 Å². The van der Waals surface area contributed by atoms with Crippen LogP contribution in [0.5, 0.6) is 0 Å². The highest BCUT2D eigenvalue weighted by Crippen LogP contribution is 2.17. The summed E-state index contributed by atoms with van der Waals surface area (Å²) in [4.78, 5) is 0. The number of hydrogen-bond donors (Lipinski definition) is 1. The summed E-state index contributed by atoms with van der Waals surface area (Å²) < 4.78 is 0. The van der Waals surface area contributed by atoms with E-state index in [2.05, 4.69) is 53.9 Å². The van der Waals surface area contributed by atoms with Crippen molar-refractivity contribution in [3.05, 3.63) is 59.7 Å². The number of rotatable bonds is 5. The van der Waals surface area contributed by atoms with Gasteiger partial charge >= 0.3 is 0 Å². The Balaban J connectivity index is 1.66. The molecule has 1 heteroatoms. The standard InChI is InChI=1S/C16H21N/c1-3-8-15(9-4-1)12-7-13-17-14-16-10-5-2-6-11-16/h2,5-8,10-12,17H,1,3-4,9,13-14H2/b12-7+. The van der Waals surface area contributed by atoms with Crippen molar-refractivity contribution in [1.29, 1.82) is 0 Å². The number of nitrogens with one attached hydrogen (secondary N) is 1. The normalized spacial score (nSPS) is 16.1. The summed E-state index contributed by atoms with van der Waals surface area (Å²) >= 11 is 0. The van der Waals surface area contributed by atoms with Crippen molar-refractivity contribution in [1.82, 2.24) is 5.32 Å². The number of hydrogen-bond acceptors (Lipinski definition) is 1. The molecule has 0 saturated heterocycles. The lowest BCUT2D eigenvalue weighted by Crippen LogP contribution is -2.12. The molecule has 0 spiro atoms. The molecular weight excluding hydrogens is 206 g/mol. The van der Waals surface area contributed by atoms with Crippen LogP contribution >= 0.6 is 0 Å². The Morgan fingerprint density at radius 3 is 2.76 bits per heavy atom. The lowest BCUT2D eigenvalue weighted by atomic mass is 9.99. The average Bonchev–Trinajstić information content (AvgIpc) is 2.41. The molecule has 1 aliphatic rings. The second-order valence-electron chi connectivity index (χ2n) is 4.54. The van der Waals surface area contributed by atoms with Crippen LogP contribution in [-0.4, -0.2) is 6.54 Å². The zero-order chi connectivity index (χ0) is 11.8. The Morgan fingerprint density at radius 1 is 1.12 bits per heavy atom. The fourth-order valence-corrected chi connectivity index (χ4v) is 2.12. The topological polar surface area (TPSA) is 12.0 Å². The van der Waals surface area contributed by atoms with E-state index < -0.39 is 0 Å². The van der Waals surface area contributed by atoms with Crippen LogP contribution in [0.1, 0.15) is 31.2 Å². The third-order valence-corrected chi connectivity index (χ3v) is 3.09. The van der Waals surface area contributed by atoms with Crippen LogP contribution in [0.2, 0.25) is 0 Å². The van der Waals surface area contributed by atoms with Crippen LogP contribution in [0.15, 0.2) is 54.1 Å². The van der Waals surface area contributed by atoms with Crippen LogP contribution in [-0.2, 0) is 6.54 Å². The van der Waals surface area contributed by atoms with Gasteiger partial charge in [-0.25, -0.2) is 0 Å². The molecule has 0 heterocycles. The van der Waals surface area contributed by atoms with E-state index in [-0.39, 0.29) is 0 Å². The van der Waals surface area contributed by atoms with Crippen molar-refractivity contribution in [2.45, 2.75) is 32.2 Å². The summed E-state index contributed by atoms with van der Waals surface area (Å²) in [7, 11) is 0. The molecule has 0 atom stereocenters. The third-order valence-electron chi connectivity index (χ3n) is 3.09. The second-order valence-corrected chi connectivity index (χ2v) is 4.54. The monoisotopic (exact) mass is 227 g/mol. The van der Waals surface area contributed by atoms with Gasteiger partial charge in [-0.3, -0.25) is 0 Å². The minimum Gasteiger partial charge on any atom is -0.309 e. The first-order valence-electron chi connectivity index (χ1n) is 6.55. The fraction of sp³-hybridized carbons (Fsp3) is 0.375. The highest BCUT2D eigenvalue weighted by Gasteiger charge is 1.98. The largest absolute Gasteiger partial charge is 0.309 e. The van der Waals surface area contributed by atoms with E-state index >= 15 is 0 Å². The van der Waals surface area contributed by atoms with Gasteiger partial charge in [-0.05, 0) is 31.2 Å². The highest BCUT2D eigenvalue weighted by atomic mass is 14.8. The molecule has 0 amide bonds. The molecule has 0 aliphatic heterocycles. The lowest BCUT2D eigenvalue weighted by Gasteiger charge is -2.08. The van der Waals surface area contributed by atoms with Crippen molar-refractivity contribution in [3.63, 3.8) is 0 Å². The Morgan fingerprint density at radius 2 is 2.00 bits per heavy atom. The molecule has 0 fully saturated rings. The average molecular weight is 227 g/mol. The maximum atomic E-state index is 3.43. The van der Waals surface area contributed by atoms with E-state index in [1.54, 1.807) is 0 Å². The number of benzene rings is 1. The van der Waals surface area contributed by atoms with Crippen molar-refractivity contribution < 1.29 is 0 Å². The van der Waals surface area contributed by atoms with E-state index in [0.29, 0.717) is 0 Å². The van der Waals surface area contributed by atoms with Crippen molar-refractivity contribution in [3.8, 4) is 0 Å². The van der Waals surface area contributed by atoms with Gasteiger partial charge in [-0.1, -0.05) is 54.1 Å². The SMILES string of the molecule is C1=C(/C=C/CNCc2ccccc2)CCCC1. The molecule has 0 radical (unpaired) electrons. The summed E-state index contributed by atoms with van der Waals surface area (Å²) in [5, 5.41) is 3.43. The van der Waals surface area contributed by atoms with E-state index in [9.17, 15) is 0 Å². The maximum absolute atomic E-state index is 3.43. The third kappa shape index (κ3) is 4.58. The van der Waals surface area contributed by atoms with Gasteiger partial charge in [0.1, 0.15) is 0 Å². The van der Waals surface area contributed by atoms with Crippen molar-refractivity contribution in [2.24, 2.45) is 0 Å². The van der Waals surface area contributed by atoms with Gasteiger partial charge in [0.2, 0.25) is 0 Å². The Kier molecular flexibility index (Phi) is 5.05. The highest BCUT2D eigenvalue weighted by molar-refractivity contribution is 5.20. The van der Waals surface area contributed by atoms with Crippen LogP contribution in [0.4, 0.5) is 0 Å². The summed E-state index contributed by atoms with van der Waals surface area (Å²) in [6, 6.07) is 10.5. The van der Waals surface area contributed by atoms with Gasteiger partial charge in [0, 0.05) is 13.1 Å². The van der Waals surface area contributed by atoms with E-state index in [4.69, 9.17) is 0 Å². The smallest absolute Gasteiger partial charge is 0.0208 e. The van der Waals surface area contributed by atoms with Crippen LogP contribution in [0.3, 0.4) is 0 Å². The van der Waals surface area contributed by atoms with Gasteiger partial charge in [-0.15, -0.1) is 0 Å². The summed E-state index contributed by atoms with van der Waals surface area (Å²) in [6.07, 6.45) is 12.1. The first-order valence-corrected chi connectivity index (χ1v) is 6.55. The van der Waals surface area contributed by atoms with Crippen LogP contribution in [0, 0.1) is 0 Å². The summed E-state index contributed by atoms with van der Waals surface area (Å²) in [5.74, 6) is 0. The summed E-state index contributed by atoms with van der Waals surface area (Å²) in [6.45, 7) is 1.90. The van der Waals surface area contributed by atoms with Crippen molar-refractivity contribution in [2.75, 3.05) is 6.54 Å². The molecule has 90 valence electrons. The minimum absolute atomic E-state index is 0.949. The first-order chi connectivity index (χ1) is 8.45. The fourth-order valence-electron chi connectivity index (χ4n) is 2.12. The number of allylic oxidation sites excluding steroid dienone is 3. The van der Waals surface area contributed by atoms with E-state index in [0.717, 1.165) is 13.1 Å². The summed E-state index contributed by atoms with van der Waals surface area (Å²) in [5.41, 5.74) is 2.86. The molecule has 1 nitrogen and oxygen atoms in total. The van der Waals surface area contributed by atoms with Crippen LogP contribution in [0.25, 0.3) is 0 Å². The van der Waals surface area contributed by atoms with Crippen molar-refractivity contribution >= 4 is 0 Å². The predicted molar refractivity (Wildman–Crippen MR) is 73.8 cm³/mol. The molecule has 1 aromatic rings. The predicted octanol–water partition coefficient (Wildman–Crippen LogP) is 3.83. The van der Waals surface area contributed by atoms with Gasteiger partial charge < -0.3 is 5.32 Å². The molecule has 0 unspecified atom stereocenters. The lowest BCUT2D eigenvalue weighted by molar-refractivity contribution is 0.710. The Labute approximate surface area is 104 Å². The quantitative estimate of drug-likeness (QED) is 0.754. The molecule has 2 rings (SSSR count). The molecule has 0 aromatic heterocycles. The maximum Gasteiger partial charge on any atom is 0.0208 e. The molecule has 0 saturated carbocycles. The van der Waals surface area contributed by atoms with E-state index in [1.165, 1.54) is 36.8 Å². The minimum atomic E-state index is 0.949. The first kappa shape index (κ1) is 12.1. The zero-order valence-corrected chi connectivity index (χ0v) is 10.4. The molecule has 1 aliphatic carbocycles. The molecule has 1 aromatic carbocycles.